The highest BCUT2D eigenvalue weighted by Crippen LogP contribution is 2.39. The molecule has 8 heteroatoms. The molecule has 0 aliphatic heterocycles. The molecule has 1 unspecified atom stereocenters. The van der Waals surface area contributed by atoms with Gasteiger partial charge in [0.1, 0.15) is 17.4 Å². The third-order valence-electron chi connectivity index (χ3n) is 4.25. The Morgan fingerprint density at radius 1 is 1.47 bits per heavy atom. The fourth-order valence-electron chi connectivity index (χ4n) is 2.86. The number of anilines is 1. The molecule has 0 saturated heterocycles. The molecule has 1 heterocycles. The van der Waals surface area contributed by atoms with E-state index in [0.29, 0.717) is 25.4 Å². The van der Waals surface area contributed by atoms with Crippen molar-refractivity contribution < 1.29 is 19.1 Å². The second kappa shape index (κ2) is 13.9. The minimum atomic E-state index is -0.599. The van der Waals surface area contributed by atoms with Gasteiger partial charge in [-0.25, -0.2) is 4.79 Å². The Hall–Kier alpha value is -3.18. The number of hydrogen-bond acceptors (Lipinski definition) is 8. The average Bonchev–Trinajstić information content (AvgIpc) is 3.12. The number of carbonyl (C=O) groups is 2. The topological polar surface area (TPSA) is 101 Å². The van der Waals surface area contributed by atoms with Crippen LogP contribution >= 0.6 is 11.3 Å². The highest BCUT2D eigenvalue weighted by Gasteiger charge is 2.26. The van der Waals surface area contributed by atoms with E-state index in [-0.39, 0.29) is 0 Å². The van der Waals surface area contributed by atoms with E-state index >= 15 is 0 Å². The first kappa shape index (κ1) is 24.9. The quantitative estimate of drug-likeness (QED) is 0.215. The van der Waals surface area contributed by atoms with Crippen LogP contribution in [0.5, 0.6) is 0 Å². The van der Waals surface area contributed by atoms with Crippen LogP contribution in [0.15, 0.2) is 41.6 Å². The summed E-state index contributed by atoms with van der Waals surface area (Å²) >= 11 is 1.63. The average molecular weight is 430 g/mol. The Labute approximate surface area is 181 Å². The summed E-state index contributed by atoms with van der Waals surface area (Å²) in [7, 11) is 1.83. The molecule has 1 atom stereocenters. The molecule has 1 N–H and O–H groups in total. The Kier molecular flexibility index (Phi) is 11.5. The number of thiophene rings is 1. The number of allylic oxidation sites excluding steroid dienone is 4. The fourth-order valence-corrected chi connectivity index (χ4v) is 4.12. The van der Waals surface area contributed by atoms with Crippen LogP contribution in [0, 0.1) is 17.2 Å². The molecule has 0 aromatic carbocycles. The molecular weight excluding hydrogens is 402 g/mol. The van der Waals surface area contributed by atoms with Crippen LogP contribution < -0.4 is 5.32 Å². The van der Waals surface area contributed by atoms with Crippen molar-refractivity contribution in [3.05, 3.63) is 52.6 Å². The summed E-state index contributed by atoms with van der Waals surface area (Å²) in [5.41, 5.74) is 2.70. The van der Waals surface area contributed by atoms with Crippen molar-refractivity contribution in [1.82, 2.24) is 0 Å². The largest absolute Gasteiger partial charge is 0.508 e. The highest BCUT2D eigenvalue weighted by atomic mass is 32.1. The van der Waals surface area contributed by atoms with Crippen molar-refractivity contribution in [3.8, 4) is 6.07 Å². The molecule has 160 valence electrons. The minimum absolute atomic E-state index is 0.307. The molecular formula is C22H27N3O4S. The maximum Gasteiger partial charge on any atom is 0.508 e. The van der Waals surface area contributed by atoms with E-state index in [2.05, 4.69) is 29.7 Å². The van der Waals surface area contributed by atoms with Crippen molar-refractivity contribution in [1.29, 1.82) is 5.26 Å². The van der Waals surface area contributed by atoms with Crippen LogP contribution in [0.25, 0.3) is 0 Å². The lowest BCUT2D eigenvalue weighted by atomic mass is 9.88. The Morgan fingerprint density at radius 3 is 2.80 bits per heavy atom. The summed E-state index contributed by atoms with van der Waals surface area (Å²) in [6, 6.07) is 2.28. The Morgan fingerprint density at radius 2 is 2.23 bits per heavy atom. The lowest BCUT2D eigenvalue weighted by molar-refractivity contribution is -0.104. The first-order valence-corrected chi connectivity index (χ1v) is 10.3. The monoisotopic (exact) mass is 429 g/mol. The van der Waals surface area contributed by atoms with Gasteiger partial charge in [-0.05, 0) is 56.0 Å². The number of aldehydes is 1. The van der Waals surface area contributed by atoms with Gasteiger partial charge in [0.15, 0.2) is 0 Å². The van der Waals surface area contributed by atoms with Gasteiger partial charge in [-0.1, -0.05) is 18.7 Å². The van der Waals surface area contributed by atoms with Crippen molar-refractivity contribution in [2.45, 2.75) is 26.2 Å². The molecule has 0 radical (unpaired) electrons. The van der Waals surface area contributed by atoms with Crippen molar-refractivity contribution in [3.63, 3.8) is 0 Å². The van der Waals surface area contributed by atoms with E-state index < -0.39 is 6.16 Å². The number of ether oxygens (including phenoxy) is 2. The molecule has 7 nitrogen and oxygen atoms in total. The minimum Gasteiger partial charge on any atom is -0.435 e. The maximum absolute atomic E-state index is 11.2. The molecule has 1 aliphatic carbocycles. The molecule has 0 saturated carbocycles. The summed E-state index contributed by atoms with van der Waals surface area (Å²) in [6.07, 6.45) is 8.84. The smallest absolute Gasteiger partial charge is 0.435 e. The molecule has 0 spiro atoms. The zero-order valence-corrected chi connectivity index (χ0v) is 18.2. The van der Waals surface area contributed by atoms with Gasteiger partial charge in [0.2, 0.25) is 0 Å². The molecule has 1 aliphatic rings. The number of aliphatic imine (C=N–C) groups is 1. The van der Waals surface area contributed by atoms with Gasteiger partial charge in [0, 0.05) is 18.1 Å². The standard InChI is InChI=1S/C14H18N2O3S.C8H9NO/c1-3-18-14(17)19-8-9-4-5-10-11(7-15)13(16-2)20-12(10)6-9;1-3-8(7-9-2)5-4-6-10/h9,16H,3-6,8H2,1-2H3;3-7H,1-2H2/b;5-4+,8-7+. The summed E-state index contributed by atoms with van der Waals surface area (Å²) in [4.78, 5) is 25.8. The van der Waals surface area contributed by atoms with E-state index in [0.717, 1.165) is 41.0 Å². The van der Waals surface area contributed by atoms with E-state index in [9.17, 15) is 14.9 Å². The lowest BCUT2D eigenvalue weighted by Gasteiger charge is -2.21. The van der Waals surface area contributed by atoms with Crippen molar-refractivity contribution in [2.75, 3.05) is 25.6 Å². The number of carbonyl (C=O) groups excluding carboxylic acids is 2. The first-order chi connectivity index (χ1) is 14.5. The third-order valence-corrected chi connectivity index (χ3v) is 5.52. The highest BCUT2D eigenvalue weighted by molar-refractivity contribution is 7.16. The van der Waals surface area contributed by atoms with Gasteiger partial charge in [-0.15, -0.1) is 11.3 Å². The van der Waals surface area contributed by atoms with E-state index in [4.69, 9.17) is 9.47 Å². The second-order valence-electron chi connectivity index (χ2n) is 6.18. The molecule has 1 aromatic heterocycles. The van der Waals surface area contributed by atoms with Crippen LogP contribution in [0.1, 0.15) is 29.3 Å². The number of fused-ring (bicyclic) bond motifs is 1. The number of rotatable bonds is 8. The molecule has 2 rings (SSSR count). The zero-order chi connectivity index (χ0) is 22.4. The van der Waals surface area contributed by atoms with Gasteiger partial charge in [0.05, 0.1) is 18.8 Å². The Balaban J connectivity index is 0.000000382. The van der Waals surface area contributed by atoms with Gasteiger partial charge >= 0.3 is 6.16 Å². The maximum atomic E-state index is 11.2. The van der Waals surface area contributed by atoms with Crippen LogP contribution in [0.2, 0.25) is 0 Å². The third kappa shape index (κ3) is 7.68. The molecule has 30 heavy (non-hydrogen) atoms. The lowest BCUT2D eigenvalue weighted by Crippen LogP contribution is -2.20. The van der Waals surface area contributed by atoms with Gasteiger partial charge < -0.3 is 14.8 Å². The number of hydrogen-bond donors (Lipinski definition) is 1. The summed E-state index contributed by atoms with van der Waals surface area (Å²) < 4.78 is 9.84. The first-order valence-electron chi connectivity index (χ1n) is 9.46. The van der Waals surface area contributed by atoms with E-state index in [1.54, 1.807) is 30.4 Å². The van der Waals surface area contributed by atoms with E-state index in [1.807, 2.05) is 7.05 Å². The zero-order valence-electron chi connectivity index (χ0n) is 17.3. The predicted molar refractivity (Wildman–Crippen MR) is 120 cm³/mol. The van der Waals surface area contributed by atoms with E-state index in [1.165, 1.54) is 17.2 Å². The SMILES string of the molecule is C=CC(/C=C/C=O)=C\N=C.CCOC(=O)OCC1CCc2c(sc(NC)c2C#N)C1. The molecule has 1 aromatic rings. The second-order valence-corrected chi connectivity index (χ2v) is 7.29. The number of nitrogens with zero attached hydrogens (tertiary/aromatic N) is 2. The van der Waals surface area contributed by atoms with Crippen LogP contribution in [-0.4, -0.2) is 39.4 Å². The normalized spacial score (nSPS) is 15.1. The van der Waals surface area contributed by atoms with Crippen LogP contribution in [-0.2, 0) is 27.1 Å². The predicted octanol–water partition coefficient (Wildman–Crippen LogP) is 4.45. The Bertz CT molecular complexity index is 849. The van der Waals surface area contributed by atoms with Crippen LogP contribution in [0.3, 0.4) is 0 Å². The summed E-state index contributed by atoms with van der Waals surface area (Å²) in [5.74, 6) is 0.307. The molecule has 0 bridgehead atoms. The number of nitrogens with one attached hydrogen (secondary N) is 1. The van der Waals surface area contributed by atoms with Crippen molar-refractivity contribution >= 4 is 35.5 Å². The van der Waals surface area contributed by atoms with Gasteiger partial charge in [0.25, 0.3) is 0 Å². The van der Waals surface area contributed by atoms with Crippen molar-refractivity contribution in [2.24, 2.45) is 10.9 Å². The molecule has 0 fully saturated rings. The molecule has 0 amide bonds. The van der Waals surface area contributed by atoms with Crippen LogP contribution in [0.4, 0.5) is 9.80 Å². The number of nitriles is 1. The summed E-state index contributed by atoms with van der Waals surface area (Å²) in [6.45, 7) is 9.23. The fraction of sp³-hybridized carbons (Fsp3) is 0.364. The summed E-state index contributed by atoms with van der Waals surface area (Å²) in [5, 5.41) is 13.2. The van der Waals surface area contributed by atoms with Gasteiger partial charge in [-0.3, -0.25) is 9.79 Å². The van der Waals surface area contributed by atoms with Gasteiger partial charge in [-0.2, -0.15) is 5.26 Å².